The normalized spacial score (nSPS) is 23.7. The number of nitrogens with one attached hydrogen (secondary N) is 1. The number of thiazole rings is 1. The lowest BCUT2D eigenvalue weighted by Crippen LogP contribution is -2.41. The van der Waals surface area contributed by atoms with Gasteiger partial charge in [-0.3, -0.25) is 9.69 Å². The number of hydrogen-bond donors (Lipinski definition) is 1. The highest BCUT2D eigenvalue weighted by molar-refractivity contribution is 7.09. The number of carbonyl (C=O) groups excluding carboxylic acids is 1. The van der Waals surface area contributed by atoms with Gasteiger partial charge in [-0.15, -0.1) is 11.3 Å². The van der Waals surface area contributed by atoms with Crippen LogP contribution in [0.4, 0.5) is 0 Å². The van der Waals surface area contributed by atoms with E-state index in [2.05, 4.69) is 51.8 Å². The fraction of sp³-hybridized carbons (Fsp3) is 0.583. The molecule has 1 saturated carbocycles. The third kappa shape index (κ3) is 3.87. The van der Waals surface area contributed by atoms with E-state index in [1.54, 1.807) is 11.3 Å². The van der Waals surface area contributed by atoms with E-state index in [4.69, 9.17) is 0 Å². The zero-order chi connectivity index (χ0) is 19.8. The van der Waals surface area contributed by atoms with E-state index < -0.39 is 0 Å². The van der Waals surface area contributed by atoms with E-state index in [-0.39, 0.29) is 11.3 Å². The summed E-state index contributed by atoms with van der Waals surface area (Å²) in [5, 5.41) is 6.60. The number of aromatic nitrogens is 1. The molecule has 1 aromatic heterocycles. The summed E-state index contributed by atoms with van der Waals surface area (Å²) < 4.78 is 0. The van der Waals surface area contributed by atoms with Gasteiger partial charge in [0.1, 0.15) is 0 Å². The van der Waals surface area contributed by atoms with Gasteiger partial charge in [0.25, 0.3) is 0 Å². The molecule has 29 heavy (non-hydrogen) atoms. The number of aryl methyl sites for hydroxylation is 1. The molecule has 2 fully saturated rings. The van der Waals surface area contributed by atoms with Crippen molar-refractivity contribution in [3.8, 4) is 0 Å². The molecule has 1 N–H and O–H groups in total. The number of piperidine rings is 1. The molecule has 1 saturated heterocycles. The van der Waals surface area contributed by atoms with Gasteiger partial charge in [-0.05, 0) is 81.0 Å². The van der Waals surface area contributed by atoms with Crippen LogP contribution in [0.15, 0.2) is 29.6 Å². The smallest absolute Gasteiger partial charge is 0.220 e. The maximum absolute atomic E-state index is 12.6. The minimum Gasteiger partial charge on any atom is -0.353 e. The molecule has 5 rings (SSSR count). The summed E-state index contributed by atoms with van der Waals surface area (Å²) in [4.78, 5) is 19.8. The summed E-state index contributed by atoms with van der Waals surface area (Å²) in [6.45, 7) is 5.28. The molecule has 5 heteroatoms. The first-order chi connectivity index (χ1) is 14.1. The van der Waals surface area contributed by atoms with Crippen molar-refractivity contribution in [3.05, 3.63) is 51.5 Å². The van der Waals surface area contributed by atoms with Crippen molar-refractivity contribution in [3.63, 3.8) is 0 Å². The van der Waals surface area contributed by atoms with Crippen LogP contribution >= 0.6 is 11.3 Å². The lowest BCUT2D eigenvalue weighted by Gasteiger charge is -2.40. The highest BCUT2D eigenvalue weighted by Crippen LogP contribution is 2.52. The quantitative estimate of drug-likeness (QED) is 0.789. The van der Waals surface area contributed by atoms with Crippen LogP contribution in [0.2, 0.25) is 0 Å². The molecular formula is C24H31N3OS. The number of likely N-dealkylation sites (tertiary alicyclic amines) is 1. The second-order valence-electron chi connectivity index (χ2n) is 9.30. The molecule has 2 heterocycles. The van der Waals surface area contributed by atoms with Crippen LogP contribution in [0.3, 0.4) is 0 Å². The molecule has 4 nitrogen and oxygen atoms in total. The van der Waals surface area contributed by atoms with Gasteiger partial charge in [0, 0.05) is 24.4 Å². The summed E-state index contributed by atoms with van der Waals surface area (Å²) >= 11 is 1.74. The Morgan fingerprint density at radius 2 is 2.07 bits per heavy atom. The molecule has 3 aliphatic rings. The largest absolute Gasteiger partial charge is 0.353 e. The summed E-state index contributed by atoms with van der Waals surface area (Å²) in [6.07, 6.45) is 7.74. The lowest BCUT2D eigenvalue weighted by molar-refractivity contribution is -0.122. The summed E-state index contributed by atoms with van der Waals surface area (Å²) in [7, 11) is 0. The van der Waals surface area contributed by atoms with Crippen LogP contribution < -0.4 is 5.32 Å². The molecule has 2 aromatic rings. The molecule has 1 spiro atoms. The van der Waals surface area contributed by atoms with E-state index in [1.165, 1.54) is 36.1 Å². The molecule has 0 unspecified atom stereocenters. The Kier molecular flexibility index (Phi) is 5.21. The Morgan fingerprint density at radius 1 is 1.28 bits per heavy atom. The third-order valence-corrected chi connectivity index (χ3v) is 8.20. The highest BCUT2D eigenvalue weighted by atomic mass is 32.1. The fourth-order valence-electron chi connectivity index (χ4n) is 5.60. The first kappa shape index (κ1) is 19.3. The minimum absolute atomic E-state index is 0.253. The number of benzene rings is 1. The average Bonchev–Trinajstić information content (AvgIpc) is 3.23. The zero-order valence-electron chi connectivity index (χ0n) is 17.3. The van der Waals surface area contributed by atoms with Crippen molar-refractivity contribution in [1.29, 1.82) is 0 Å². The molecule has 154 valence electrons. The second-order valence-corrected chi connectivity index (χ2v) is 10.4. The van der Waals surface area contributed by atoms with Crippen LogP contribution in [-0.2, 0) is 16.8 Å². The zero-order valence-corrected chi connectivity index (χ0v) is 18.1. The van der Waals surface area contributed by atoms with Crippen molar-refractivity contribution < 1.29 is 4.79 Å². The van der Waals surface area contributed by atoms with Gasteiger partial charge in [-0.25, -0.2) is 4.98 Å². The van der Waals surface area contributed by atoms with E-state index >= 15 is 0 Å². The van der Waals surface area contributed by atoms with E-state index in [0.29, 0.717) is 18.4 Å². The van der Waals surface area contributed by atoms with Gasteiger partial charge in [0.2, 0.25) is 5.91 Å². The lowest BCUT2D eigenvalue weighted by atomic mass is 9.73. The predicted molar refractivity (Wildman–Crippen MR) is 117 cm³/mol. The second kappa shape index (κ2) is 7.84. The van der Waals surface area contributed by atoms with Gasteiger partial charge >= 0.3 is 0 Å². The first-order valence-electron chi connectivity index (χ1n) is 11.1. The van der Waals surface area contributed by atoms with Crippen molar-refractivity contribution in [2.45, 2.75) is 75.8 Å². The number of amides is 1. The first-order valence-corrected chi connectivity index (χ1v) is 12.0. The maximum Gasteiger partial charge on any atom is 0.220 e. The van der Waals surface area contributed by atoms with Crippen LogP contribution in [0.25, 0.3) is 0 Å². The Labute approximate surface area is 177 Å². The van der Waals surface area contributed by atoms with Crippen molar-refractivity contribution in [1.82, 2.24) is 15.2 Å². The summed E-state index contributed by atoms with van der Waals surface area (Å²) in [5.41, 5.74) is 4.42. The van der Waals surface area contributed by atoms with E-state index in [0.717, 1.165) is 43.9 Å². The number of rotatable bonds is 5. The summed E-state index contributed by atoms with van der Waals surface area (Å²) in [6, 6.07) is 9.37. The molecule has 1 atom stereocenters. The SMILES string of the molecule is Cc1nc(CN2CCC3(CC2)C[C@@H](CC(=O)NC2CCC2)c2ccccc23)cs1. The van der Waals surface area contributed by atoms with Crippen LogP contribution in [0, 0.1) is 6.92 Å². The monoisotopic (exact) mass is 409 g/mol. The van der Waals surface area contributed by atoms with E-state index in [1.807, 2.05) is 0 Å². The molecule has 2 aliphatic carbocycles. The number of hydrogen-bond acceptors (Lipinski definition) is 4. The van der Waals surface area contributed by atoms with Crippen molar-refractivity contribution in [2.75, 3.05) is 13.1 Å². The van der Waals surface area contributed by atoms with Crippen molar-refractivity contribution >= 4 is 17.2 Å². The predicted octanol–water partition coefficient (Wildman–Crippen LogP) is 4.53. The van der Waals surface area contributed by atoms with Gasteiger partial charge in [0.05, 0.1) is 10.7 Å². The number of nitrogens with zero attached hydrogens (tertiary/aromatic N) is 2. The Balaban J connectivity index is 1.26. The topological polar surface area (TPSA) is 45.2 Å². The van der Waals surface area contributed by atoms with Gasteiger partial charge < -0.3 is 5.32 Å². The third-order valence-electron chi connectivity index (χ3n) is 7.38. The Morgan fingerprint density at radius 3 is 2.76 bits per heavy atom. The highest BCUT2D eigenvalue weighted by Gasteiger charge is 2.45. The van der Waals surface area contributed by atoms with Gasteiger partial charge in [-0.2, -0.15) is 0 Å². The molecule has 1 amide bonds. The fourth-order valence-corrected chi connectivity index (χ4v) is 6.20. The molecule has 1 aromatic carbocycles. The Bertz CT molecular complexity index is 880. The minimum atomic E-state index is 0.253. The van der Waals surface area contributed by atoms with Crippen LogP contribution in [-0.4, -0.2) is 34.9 Å². The van der Waals surface area contributed by atoms with Crippen molar-refractivity contribution in [2.24, 2.45) is 0 Å². The molecule has 1 aliphatic heterocycles. The van der Waals surface area contributed by atoms with Crippen LogP contribution in [0.5, 0.6) is 0 Å². The van der Waals surface area contributed by atoms with E-state index in [9.17, 15) is 4.79 Å². The maximum atomic E-state index is 12.6. The standard InChI is InChI=1S/C24H31N3OS/c1-17-25-20(16-29-17)15-27-11-9-24(10-12-27)14-18(21-7-2-3-8-22(21)24)13-23(28)26-19-5-4-6-19/h2-3,7-8,16,18-19H,4-6,9-15H2,1H3,(H,26,28)/t18-/m1/s1. The average molecular weight is 410 g/mol. The Hall–Kier alpha value is -1.72. The molecular weight excluding hydrogens is 378 g/mol. The summed E-state index contributed by atoms with van der Waals surface area (Å²) in [5.74, 6) is 0.627. The number of fused-ring (bicyclic) bond motifs is 2. The number of carbonyl (C=O) groups is 1. The molecule has 0 bridgehead atoms. The van der Waals surface area contributed by atoms with Gasteiger partial charge in [0.15, 0.2) is 0 Å². The van der Waals surface area contributed by atoms with Gasteiger partial charge in [-0.1, -0.05) is 24.3 Å². The van der Waals surface area contributed by atoms with Crippen LogP contribution in [0.1, 0.15) is 72.7 Å². The molecule has 0 radical (unpaired) electrons.